The van der Waals surface area contributed by atoms with Crippen LogP contribution < -0.4 is 32.1 Å². The maximum absolute atomic E-state index is 13.8. The number of halogens is 3. The summed E-state index contributed by atoms with van der Waals surface area (Å²) in [5, 5.41) is 10.6. The molecule has 0 aliphatic heterocycles. The number of nitrogens with two attached hydrogens (primary N) is 1. The van der Waals surface area contributed by atoms with E-state index in [4.69, 9.17) is 14.9 Å². The van der Waals surface area contributed by atoms with Crippen molar-refractivity contribution in [1.29, 1.82) is 0 Å². The molecule has 0 saturated heterocycles. The quantitative estimate of drug-likeness (QED) is 0.149. The second kappa shape index (κ2) is 18.0. The zero-order valence-corrected chi connectivity index (χ0v) is 32.8. The zero-order chi connectivity index (χ0) is 39.0. The second-order valence-corrected chi connectivity index (χ2v) is 18.2. The fraction of sp³-hybridized carbons (Fsp3) is 0.525. The number of ether oxygens (including phenoxy) is 1. The average Bonchev–Trinajstić information content (AvgIpc) is 3.08. The van der Waals surface area contributed by atoms with E-state index in [9.17, 15) is 22.8 Å². The molecule has 9 nitrogen and oxygen atoms in total. The van der Waals surface area contributed by atoms with Gasteiger partial charge in [-0.3, -0.25) is 4.79 Å². The van der Waals surface area contributed by atoms with Crippen LogP contribution in [-0.2, 0) is 19.4 Å². The first-order chi connectivity index (χ1) is 24.8. The van der Waals surface area contributed by atoms with Gasteiger partial charge < -0.3 is 30.8 Å². The van der Waals surface area contributed by atoms with Crippen molar-refractivity contribution in [3.63, 3.8) is 0 Å². The minimum Gasteiger partial charge on any atom is -0.444 e. The largest absolute Gasteiger partial charge is 0.444 e. The van der Waals surface area contributed by atoms with E-state index in [0.29, 0.717) is 11.5 Å². The van der Waals surface area contributed by atoms with Gasteiger partial charge >= 0.3 is 12.3 Å². The molecule has 1 fully saturated rings. The highest BCUT2D eigenvalue weighted by Crippen LogP contribution is 2.31. The third-order valence-electron chi connectivity index (χ3n) is 9.37. The number of carbonyl (C=O) groups excluding carboxylic acids is 2. The third-order valence-corrected chi connectivity index (χ3v) is 11.5. The highest BCUT2D eigenvalue weighted by molar-refractivity contribution is 6.80. The number of benzene rings is 2. The maximum Gasteiger partial charge on any atom is 0.408 e. The van der Waals surface area contributed by atoms with E-state index < -0.39 is 57.5 Å². The Balaban J connectivity index is 1.60. The van der Waals surface area contributed by atoms with Gasteiger partial charge in [-0.2, -0.15) is 13.2 Å². The van der Waals surface area contributed by atoms with Gasteiger partial charge in [0, 0.05) is 12.7 Å². The molecule has 5 N–H and O–H groups in total. The van der Waals surface area contributed by atoms with Crippen LogP contribution in [0.1, 0.15) is 91.3 Å². The van der Waals surface area contributed by atoms with Crippen molar-refractivity contribution in [3.05, 3.63) is 84.1 Å². The minimum atomic E-state index is -4.60. The molecule has 3 aromatic rings. The van der Waals surface area contributed by atoms with Crippen LogP contribution in [0.15, 0.2) is 72.9 Å². The van der Waals surface area contributed by atoms with E-state index in [-0.39, 0.29) is 23.8 Å². The summed E-state index contributed by atoms with van der Waals surface area (Å²) in [6, 6.07) is 17.6. The Hall–Kier alpha value is -3.78. The fourth-order valence-electron chi connectivity index (χ4n) is 6.26. The first-order valence-corrected chi connectivity index (χ1v) is 19.7. The summed E-state index contributed by atoms with van der Waals surface area (Å²) < 4.78 is 52.7. The monoisotopic (exact) mass is 754 g/mol. The molecular formula is C40H55F3N5O4Si. The van der Waals surface area contributed by atoms with Crippen LogP contribution in [-0.4, -0.2) is 63.0 Å². The number of nitrogens with one attached hydrogen (secondary N) is 3. The lowest BCUT2D eigenvalue weighted by atomic mass is 9.79. The molecule has 0 spiro atoms. The van der Waals surface area contributed by atoms with Gasteiger partial charge in [-0.05, 0) is 84.5 Å². The summed E-state index contributed by atoms with van der Waals surface area (Å²) in [5.74, 6) is 0.155. The van der Waals surface area contributed by atoms with Gasteiger partial charge in [-0.15, -0.1) is 0 Å². The molecular weight excluding hydrogens is 700 g/mol. The van der Waals surface area contributed by atoms with Gasteiger partial charge in [0.05, 0.1) is 12.6 Å². The first kappa shape index (κ1) is 42.0. The Morgan fingerprint density at radius 3 is 2.13 bits per heavy atom. The van der Waals surface area contributed by atoms with Crippen LogP contribution in [0, 0.1) is 11.8 Å². The Bertz CT molecular complexity index is 1620. The third kappa shape index (κ3) is 12.9. The fourth-order valence-corrected chi connectivity index (χ4v) is 8.22. The average molecular weight is 755 g/mol. The molecule has 1 radical (unpaired) electrons. The van der Waals surface area contributed by atoms with Crippen LogP contribution in [0.4, 0.5) is 23.8 Å². The summed E-state index contributed by atoms with van der Waals surface area (Å²) in [6.45, 7) is 13.3. The first-order valence-electron chi connectivity index (χ1n) is 18.3. The van der Waals surface area contributed by atoms with Crippen LogP contribution in [0.3, 0.4) is 0 Å². The molecule has 3 atom stereocenters. The Morgan fingerprint density at radius 1 is 0.925 bits per heavy atom. The number of rotatable bonds is 13. The smallest absolute Gasteiger partial charge is 0.408 e. The van der Waals surface area contributed by atoms with E-state index in [1.807, 2.05) is 30.3 Å². The molecule has 53 heavy (non-hydrogen) atoms. The van der Waals surface area contributed by atoms with Crippen molar-refractivity contribution < 1.29 is 31.9 Å². The van der Waals surface area contributed by atoms with Gasteiger partial charge in [0.15, 0.2) is 0 Å². The molecule has 2 unspecified atom stereocenters. The van der Waals surface area contributed by atoms with Crippen molar-refractivity contribution in [2.24, 2.45) is 17.6 Å². The van der Waals surface area contributed by atoms with Crippen molar-refractivity contribution in [2.75, 3.05) is 18.5 Å². The van der Waals surface area contributed by atoms with Crippen LogP contribution in [0.5, 0.6) is 0 Å². The van der Waals surface area contributed by atoms with E-state index in [0.717, 1.165) is 36.1 Å². The molecule has 289 valence electrons. The lowest BCUT2D eigenvalue weighted by Gasteiger charge is -2.33. The van der Waals surface area contributed by atoms with E-state index in [1.165, 1.54) is 11.8 Å². The van der Waals surface area contributed by atoms with E-state index in [2.05, 4.69) is 72.9 Å². The Labute approximate surface area is 313 Å². The Morgan fingerprint density at radius 2 is 1.55 bits per heavy atom. The van der Waals surface area contributed by atoms with Crippen molar-refractivity contribution in [1.82, 2.24) is 15.6 Å². The molecule has 1 aliphatic rings. The number of hydrogen-bond acceptors (Lipinski definition) is 7. The minimum absolute atomic E-state index is 0.00920. The predicted molar refractivity (Wildman–Crippen MR) is 204 cm³/mol. The standard InChI is InChI=1S/C40H55F3N5O4Si/c1-26-13-15-27(16-14-26)35(48-37(50)52-39(5,6)7)36(49)47-34-23-28(21-22-45-34)32(46-24-33(44)40(41,42)43)25-51-53(30-11-9-8-10-12-30)31-19-17-29(18-20-31)38(2,3)4/h8-12,17-23,26-27,32-33,35,46H,13-16,24-25,44H2,1-7H3,(H,48,50)(H,45,47,49)/t26?,27?,32?,33-,35?/m0/s1. The molecule has 4 rings (SSSR count). The molecule has 2 aromatic carbocycles. The van der Waals surface area contributed by atoms with Crippen molar-refractivity contribution in [3.8, 4) is 0 Å². The number of alkyl carbamates (subject to hydrolysis) is 1. The molecule has 0 bridgehead atoms. The number of alkyl halides is 3. The second-order valence-electron chi connectivity index (χ2n) is 16.0. The summed E-state index contributed by atoms with van der Waals surface area (Å²) in [4.78, 5) is 31.0. The summed E-state index contributed by atoms with van der Waals surface area (Å²) in [7, 11) is -1.84. The lowest BCUT2D eigenvalue weighted by Crippen LogP contribution is -2.50. The molecule has 13 heteroatoms. The SMILES string of the molecule is CC1CCC(C(NC(=O)OC(C)(C)C)C(=O)Nc2cc(C(CO[Si](c3ccccc3)c3ccc(C(C)(C)C)cc3)NC[C@H](N)C(F)(F)F)ccn2)CC1. The normalized spacial score (nSPS) is 18.6. The molecule has 1 heterocycles. The van der Waals surface area contributed by atoms with Gasteiger partial charge in [0.25, 0.3) is 9.04 Å². The van der Waals surface area contributed by atoms with Crippen LogP contribution >= 0.6 is 0 Å². The number of nitrogens with zero attached hydrogens (tertiary/aromatic N) is 1. The number of hydrogen-bond donors (Lipinski definition) is 4. The Kier molecular flexibility index (Phi) is 14.3. The summed E-state index contributed by atoms with van der Waals surface area (Å²) in [5.41, 5.74) is 6.44. The highest BCUT2D eigenvalue weighted by Gasteiger charge is 2.37. The molecule has 1 aliphatic carbocycles. The van der Waals surface area contributed by atoms with Crippen LogP contribution in [0.2, 0.25) is 0 Å². The van der Waals surface area contributed by atoms with Gasteiger partial charge in [-0.25, -0.2) is 9.78 Å². The maximum atomic E-state index is 13.8. The zero-order valence-electron chi connectivity index (χ0n) is 31.8. The molecule has 1 aromatic heterocycles. The highest BCUT2D eigenvalue weighted by atomic mass is 28.3. The van der Waals surface area contributed by atoms with E-state index >= 15 is 0 Å². The molecule has 1 saturated carbocycles. The lowest BCUT2D eigenvalue weighted by molar-refractivity contribution is -0.146. The number of amides is 2. The van der Waals surface area contributed by atoms with Gasteiger partial charge in [0.2, 0.25) is 5.91 Å². The number of anilines is 1. The number of aromatic nitrogens is 1. The van der Waals surface area contributed by atoms with Crippen LogP contribution in [0.25, 0.3) is 0 Å². The molecule has 2 amide bonds. The van der Waals surface area contributed by atoms with Gasteiger partial charge in [-0.1, -0.05) is 95.1 Å². The van der Waals surface area contributed by atoms with E-state index in [1.54, 1.807) is 32.9 Å². The van der Waals surface area contributed by atoms with Gasteiger partial charge in [0.1, 0.15) is 23.5 Å². The van der Waals surface area contributed by atoms with Crippen molar-refractivity contribution >= 4 is 37.2 Å². The predicted octanol–water partition coefficient (Wildman–Crippen LogP) is 6.38. The number of pyridine rings is 1. The topological polar surface area (TPSA) is 128 Å². The summed E-state index contributed by atoms with van der Waals surface area (Å²) >= 11 is 0. The summed E-state index contributed by atoms with van der Waals surface area (Å²) in [6.07, 6.45) is -0.431. The number of carbonyl (C=O) groups is 2. The van der Waals surface area contributed by atoms with Crippen molar-refractivity contribution in [2.45, 2.75) is 109 Å².